The lowest BCUT2D eigenvalue weighted by Crippen LogP contribution is -2.35. The van der Waals surface area contributed by atoms with Crippen molar-refractivity contribution in [3.63, 3.8) is 0 Å². The first-order valence-corrected chi connectivity index (χ1v) is 16.5. The highest BCUT2D eigenvalue weighted by molar-refractivity contribution is 6.71. The van der Waals surface area contributed by atoms with Gasteiger partial charge in [0.15, 0.2) is 16.6 Å². The number of allylic oxidation sites excluding steroid dienone is 1. The predicted octanol–water partition coefficient (Wildman–Crippen LogP) is 4.50. The molecule has 0 atom stereocenters. The standard InChI is InChI=1S/C19H39O6Si2/c1-8-11-18(20)23-17-16-22-15-10-14-21-13-9-12-19(24-26(2,3)4)25-27(5,6)7/h8,11H,9-10,12-17H2,1-7H3. The summed E-state index contributed by atoms with van der Waals surface area (Å²) in [5.41, 5.74) is 0. The lowest BCUT2D eigenvalue weighted by molar-refractivity contribution is -0.139. The molecule has 0 N–H and O–H groups in total. The molecule has 0 aromatic heterocycles. The fourth-order valence-electron chi connectivity index (χ4n) is 1.98. The van der Waals surface area contributed by atoms with Gasteiger partial charge in [0.25, 0.3) is 0 Å². The molecule has 0 heterocycles. The highest BCUT2D eigenvalue weighted by Gasteiger charge is 2.27. The van der Waals surface area contributed by atoms with Crippen LogP contribution in [0.15, 0.2) is 12.2 Å². The second-order valence-corrected chi connectivity index (χ2v) is 17.0. The van der Waals surface area contributed by atoms with Crippen molar-refractivity contribution in [1.82, 2.24) is 0 Å². The largest absolute Gasteiger partial charge is 0.460 e. The monoisotopic (exact) mass is 419 g/mol. The van der Waals surface area contributed by atoms with E-state index in [4.69, 9.17) is 23.1 Å². The predicted molar refractivity (Wildman–Crippen MR) is 113 cm³/mol. The number of esters is 1. The van der Waals surface area contributed by atoms with Gasteiger partial charge in [0.05, 0.1) is 6.61 Å². The molecule has 0 aromatic rings. The van der Waals surface area contributed by atoms with Crippen LogP contribution in [0.2, 0.25) is 39.3 Å². The van der Waals surface area contributed by atoms with Crippen molar-refractivity contribution in [2.45, 2.75) is 65.5 Å². The van der Waals surface area contributed by atoms with E-state index in [2.05, 4.69) is 39.3 Å². The van der Waals surface area contributed by atoms with Crippen LogP contribution in [0.5, 0.6) is 0 Å². The summed E-state index contributed by atoms with van der Waals surface area (Å²) in [7, 11) is -3.32. The molecule has 0 aliphatic carbocycles. The van der Waals surface area contributed by atoms with E-state index in [0.717, 1.165) is 25.6 Å². The van der Waals surface area contributed by atoms with Gasteiger partial charge in [-0.15, -0.1) is 0 Å². The van der Waals surface area contributed by atoms with E-state index in [1.54, 1.807) is 13.0 Å². The molecule has 159 valence electrons. The highest BCUT2D eigenvalue weighted by Crippen LogP contribution is 2.23. The smallest absolute Gasteiger partial charge is 0.330 e. The lowest BCUT2D eigenvalue weighted by atomic mass is 10.3. The summed E-state index contributed by atoms with van der Waals surface area (Å²) < 4.78 is 28.1. The first kappa shape index (κ1) is 26.5. The van der Waals surface area contributed by atoms with Gasteiger partial charge in [-0.2, -0.15) is 0 Å². The molecule has 27 heavy (non-hydrogen) atoms. The van der Waals surface area contributed by atoms with Crippen LogP contribution in [0, 0.1) is 6.29 Å². The van der Waals surface area contributed by atoms with Gasteiger partial charge in [-0.3, -0.25) is 0 Å². The average Bonchev–Trinajstić information content (AvgIpc) is 2.49. The molecule has 0 spiro atoms. The molecule has 0 amide bonds. The van der Waals surface area contributed by atoms with Crippen molar-refractivity contribution in [2.75, 3.05) is 33.0 Å². The van der Waals surface area contributed by atoms with E-state index < -0.39 is 16.6 Å². The third-order valence-electron chi connectivity index (χ3n) is 2.86. The molecular formula is C19H39O6Si2. The second-order valence-electron chi connectivity index (χ2n) is 8.15. The Morgan fingerprint density at radius 1 is 0.778 bits per heavy atom. The summed E-state index contributed by atoms with van der Waals surface area (Å²) >= 11 is 0. The first-order chi connectivity index (χ1) is 12.5. The Labute approximate surface area is 167 Å². The molecule has 0 aliphatic rings. The zero-order chi connectivity index (χ0) is 20.8. The number of carbonyl (C=O) groups excluding carboxylic acids is 1. The molecule has 0 rings (SSSR count). The zero-order valence-electron chi connectivity index (χ0n) is 18.3. The highest BCUT2D eigenvalue weighted by atomic mass is 28.4. The van der Waals surface area contributed by atoms with Crippen molar-refractivity contribution in [3.8, 4) is 0 Å². The van der Waals surface area contributed by atoms with Gasteiger partial charge < -0.3 is 23.1 Å². The zero-order valence-corrected chi connectivity index (χ0v) is 20.3. The van der Waals surface area contributed by atoms with Crippen LogP contribution < -0.4 is 0 Å². The van der Waals surface area contributed by atoms with Gasteiger partial charge in [0.2, 0.25) is 6.29 Å². The van der Waals surface area contributed by atoms with E-state index in [0.29, 0.717) is 26.4 Å². The van der Waals surface area contributed by atoms with E-state index in [1.807, 2.05) is 0 Å². The molecule has 8 heteroatoms. The van der Waals surface area contributed by atoms with Crippen LogP contribution in [0.1, 0.15) is 26.2 Å². The summed E-state index contributed by atoms with van der Waals surface area (Å²) in [6.45, 7) is 17.4. The molecule has 6 nitrogen and oxygen atoms in total. The Kier molecular flexibility index (Phi) is 14.2. The van der Waals surface area contributed by atoms with Crippen molar-refractivity contribution >= 4 is 22.6 Å². The fourth-order valence-corrected chi connectivity index (χ4v) is 3.71. The SMILES string of the molecule is CC=CC(=O)OCCOCCCOCCC[C](O[Si](C)(C)C)O[Si](C)(C)C. The van der Waals surface area contributed by atoms with Crippen molar-refractivity contribution < 1.29 is 27.9 Å². The van der Waals surface area contributed by atoms with E-state index >= 15 is 0 Å². The Morgan fingerprint density at radius 3 is 1.81 bits per heavy atom. The number of hydrogen-bond donors (Lipinski definition) is 0. The molecule has 1 radical (unpaired) electrons. The minimum atomic E-state index is -1.66. The van der Waals surface area contributed by atoms with E-state index in [9.17, 15) is 4.79 Å². The van der Waals surface area contributed by atoms with Gasteiger partial charge in [0.1, 0.15) is 6.61 Å². The minimum absolute atomic E-state index is 0.275. The topological polar surface area (TPSA) is 63.2 Å². The Bertz CT molecular complexity index is 399. The Morgan fingerprint density at radius 2 is 1.30 bits per heavy atom. The minimum Gasteiger partial charge on any atom is -0.460 e. The van der Waals surface area contributed by atoms with Crippen LogP contribution in [0.4, 0.5) is 0 Å². The molecule has 0 bridgehead atoms. The van der Waals surface area contributed by atoms with E-state index in [-0.39, 0.29) is 12.6 Å². The summed E-state index contributed by atoms with van der Waals surface area (Å²) in [6.07, 6.45) is 6.30. The average molecular weight is 420 g/mol. The van der Waals surface area contributed by atoms with Crippen LogP contribution >= 0.6 is 0 Å². The number of ether oxygens (including phenoxy) is 3. The second kappa shape index (κ2) is 14.5. The van der Waals surface area contributed by atoms with Crippen molar-refractivity contribution in [1.29, 1.82) is 0 Å². The lowest BCUT2D eigenvalue weighted by Gasteiger charge is -2.30. The fraction of sp³-hybridized carbons (Fsp3) is 0.789. The summed E-state index contributed by atoms with van der Waals surface area (Å²) in [6, 6.07) is 0. The quantitative estimate of drug-likeness (QED) is 0.159. The van der Waals surface area contributed by atoms with Gasteiger partial charge in [0, 0.05) is 32.3 Å². The normalized spacial score (nSPS) is 12.9. The summed E-state index contributed by atoms with van der Waals surface area (Å²) in [5.74, 6) is -0.336. The molecule has 0 aromatic carbocycles. The first-order valence-electron chi connectivity index (χ1n) is 9.72. The van der Waals surface area contributed by atoms with Crippen LogP contribution in [0.25, 0.3) is 0 Å². The van der Waals surface area contributed by atoms with Crippen LogP contribution in [-0.4, -0.2) is 55.6 Å². The molecule has 0 saturated carbocycles. The maximum atomic E-state index is 11.1. The van der Waals surface area contributed by atoms with Crippen LogP contribution in [-0.2, 0) is 27.9 Å². The summed E-state index contributed by atoms with van der Waals surface area (Å²) in [5, 5.41) is 0. The number of hydrogen-bond acceptors (Lipinski definition) is 6. The Balaban J connectivity index is 3.68. The molecule has 0 unspecified atom stereocenters. The van der Waals surface area contributed by atoms with Gasteiger partial charge in [-0.25, -0.2) is 4.79 Å². The molecule has 0 saturated heterocycles. The molecule has 0 aliphatic heterocycles. The van der Waals surface area contributed by atoms with Gasteiger partial charge in [-0.1, -0.05) is 6.08 Å². The number of rotatable bonds is 16. The van der Waals surface area contributed by atoms with Gasteiger partial charge >= 0.3 is 5.97 Å². The third-order valence-corrected chi connectivity index (χ3v) is 4.54. The van der Waals surface area contributed by atoms with Gasteiger partial charge in [-0.05, 0) is 59.0 Å². The molecular weight excluding hydrogens is 380 g/mol. The maximum Gasteiger partial charge on any atom is 0.330 e. The molecule has 0 fully saturated rings. The Hall–Kier alpha value is -0.516. The van der Waals surface area contributed by atoms with Crippen LogP contribution in [0.3, 0.4) is 0 Å². The van der Waals surface area contributed by atoms with Crippen molar-refractivity contribution in [3.05, 3.63) is 18.4 Å². The van der Waals surface area contributed by atoms with Crippen molar-refractivity contribution in [2.24, 2.45) is 0 Å². The third kappa shape index (κ3) is 20.0. The number of carbonyl (C=O) groups is 1. The summed E-state index contributed by atoms with van der Waals surface area (Å²) in [4.78, 5) is 11.1. The maximum absolute atomic E-state index is 11.1. The van der Waals surface area contributed by atoms with E-state index in [1.165, 1.54) is 6.08 Å².